The van der Waals surface area contributed by atoms with Gasteiger partial charge in [0, 0.05) is 18.7 Å². The van der Waals surface area contributed by atoms with Crippen molar-refractivity contribution in [2.45, 2.75) is 32.4 Å². The van der Waals surface area contributed by atoms with Crippen LogP contribution in [0.5, 0.6) is 5.75 Å². The lowest BCUT2D eigenvalue weighted by Gasteiger charge is -2.23. The second kappa shape index (κ2) is 9.86. The summed E-state index contributed by atoms with van der Waals surface area (Å²) >= 11 is 0. The van der Waals surface area contributed by atoms with Gasteiger partial charge in [-0.25, -0.2) is 4.79 Å². The summed E-state index contributed by atoms with van der Waals surface area (Å²) in [5, 5.41) is 5.34. The summed E-state index contributed by atoms with van der Waals surface area (Å²) in [5.41, 5.74) is 1.33. The Hall–Kier alpha value is -4.01. The zero-order chi connectivity index (χ0) is 23.3. The molecule has 0 saturated carbocycles. The topological polar surface area (TPSA) is 122 Å². The van der Waals surface area contributed by atoms with E-state index < -0.39 is 23.9 Å². The van der Waals surface area contributed by atoms with E-state index >= 15 is 0 Å². The molecular weight excluding hydrogens is 414 g/mol. The molecule has 4 amide bonds. The maximum atomic E-state index is 13.1. The first-order chi connectivity index (χ1) is 15.4. The Morgan fingerprint density at radius 1 is 1.09 bits per heavy atom. The molecule has 32 heavy (non-hydrogen) atoms. The number of Topliss-reactive ketones (excluding diaryl/α,β-unsaturated/α-hetero) is 1. The molecule has 0 aliphatic carbocycles. The van der Waals surface area contributed by atoms with Gasteiger partial charge in [-0.05, 0) is 49.2 Å². The molecular formula is C23H23N3O6. The smallest absolute Gasteiger partial charge is 0.319 e. The molecule has 1 heterocycles. The van der Waals surface area contributed by atoms with E-state index in [1.54, 1.807) is 43.5 Å². The molecule has 3 rings (SSSR count). The average Bonchev–Trinajstić information content (AvgIpc) is 3.04. The van der Waals surface area contributed by atoms with Crippen molar-refractivity contribution in [3.05, 3.63) is 59.2 Å². The van der Waals surface area contributed by atoms with Gasteiger partial charge in [-0.1, -0.05) is 12.1 Å². The van der Waals surface area contributed by atoms with Gasteiger partial charge in [0.15, 0.2) is 5.78 Å². The predicted molar refractivity (Wildman–Crippen MR) is 116 cm³/mol. The number of ether oxygens (including phenoxy) is 1. The van der Waals surface area contributed by atoms with Crippen molar-refractivity contribution in [2.24, 2.45) is 0 Å². The maximum Gasteiger partial charge on any atom is 0.319 e. The summed E-state index contributed by atoms with van der Waals surface area (Å²) < 4.78 is 5.07. The van der Waals surface area contributed by atoms with Crippen molar-refractivity contribution in [1.82, 2.24) is 10.2 Å². The molecule has 1 unspecified atom stereocenters. The van der Waals surface area contributed by atoms with E-state index in [9.17, 15) is 24.0 Å². The molecule has 9 heteroatoms. The second-order valence-electron chi connectivity index (χ2n) is 7.23. The van der Waals surface area contributed by atoms with Crippen LogP contribution < -0.4 is 15.4 Å². The standard InChI is InChI=1S/C23H23N3O6/c1-14(28)19(7-4-12-27)26-21(29)18-6-3-5-15(20(18)22(26)30)13-24-23(31)25-16-8-10-17(32-2)11-9-16/h3,5-6,8-12,19H,4,7,13H2,1-2H3,(H2,24,25,31). The number of nitrogens with zero attached hydrogens (tertiary/aromatic N) is 1. The Labute approximate surface area is 184 Å². The fourth-order valence-electron chi connectivity index (χ4n) is 3.57. The molecule has 9 nitrogen and oxygen atoms in total. The zero-order valence-electron chi connectivity index (χ0n) is 17.7. The highest BCUT2D eigenvalue weighted by atomic mass is 16.5. The van der Waals surface area contributed by atoms with Crippen molar-refractivity contribution >= 4 is 35.6 Å². The van der Waals surface area contributed by atoms with Crippen molar-refractivity contribution in [1.29, 1.82) is 0 Å². The Bertz CT molecular complexity index is 1060. The minimum atomic E-state index is -1.01. The Morgan fingerprint density at radius 3 is 2.44 bits per heavy atom. The number of urea groups is 1. The summed E-state index contributed by atoms with van der Waals surface area (Å²) in [4.78, 5) is 61.9. The summed E-state index contributed by atoms with van der Waals surface area (Å²) in [6, 6.07) is 10.0. The van der Waals surface area contributed by atoms with E-state index in [1.807, 2.05) is 0 Å². The number of hydrogen-bond acceptors (Lipinski definition) is 6. The SMILES string of the molecule is COc1ccc(NC(=O)NCc2cccc3c2C(=O)N(C(CCC=O)C(C)=O)C3=O)cc1. The number of fused-ring (bicyclic) bond motifs is 1. The van der Waals surface area contributed by atoms with Crippen molar-refractivity contribution in [3.63, 3.8) is 0 Å². The quantitative estimate of drug-likeness (QED) is 0.459. The van der Waals surface area contributed by atoms with Crippen LogP contribution in [0, 0.1) is 0 Å². The van der Waals surface area contributed by atoms with Gasteiger partial charge in [-0.15, -0.1) is 0 Å². The molecule has 2 aromatic carbocycles. The van der Waals surface area contributed by atoms with Crippen molar-refractivity contribution in [3.8, 4) is 5.75 Å². The monoisotopic (exact) mass is 437 g/mol. The largest absolute Gasteiger partial charge is 0.497 e. The van der Waals surface area contributed by atoms with E-state index in [0.717, 1.165) is 4.90 Å². The number of amides is 4. The minimum Gasteiger partial charge on any atom is -0.497 e. The number of nitrogens with one attached hydrogen (secondary N) is 2. The van der Waals surface area contributed by atoms with Gasteiger partial charge in [-0.2, -0.15) is 0 Å². The molecule has 0 bridgehead atoms. The molecule has 0 spiro atoms. The number of carbonyl (C=O) groups is 5. The van der Waals surface area contributed by atoms with Crippen LogP contribution >= 0.6 is 0 Å². The number of anilines is 1. The third-order valence-electron chi connectivity index (χ3n) is 5.16. The average molecular weight is 437 g/mol. The maximum absolute atomic E-state index is 13.1. The lowest BCUT2D eigenvalue weighted by atomic mass is 10.0. The summed E-state index contributed by atoms with van der Waals surface area (Å²) in [7, 11) is 1.54. The third-order valence-corrected chi connectivity index (χ3v) is 5.16. The first kappa shape index (κ1) is 22.7. The number of carbonyl (C=O) groups excluding carboxylic acids is 5. The Balaban J connectivity index is 1.74. The van der Waals surface area contributed by atoms with Crippen LogP contribution in [0.15, 0.2) is 42.5 Å². The molecule has 0 radical (unpaired) electrons. The molecule has 1 aliphatic heterocycles. The molecule has 1 atom stereocenters. The highest BCUT2D eigenvalue weighted by molar-refractivity contribution is 6.23. The molecule has 2 aromatic rings. The molecule has 0 fully saturated rings. The van der Waals surface area contributed by atoms with Crippen LogP contribution in [0.1, 0.15) is 46.0 Å². The molecule has 0 aromatic heterocycles. The summed E-state index contributed by atoms with van der Waals surface area (Å²) in [5.74, 6) is -0.912. The van der Waals surface area contributed by atoms with E-state index in [4.69, 9.17) is 4.74 Å². The molecule has 166 valence electrons. The second-order valence-corrected chi connectivity index (χ2v) is 7.23. The number of hydrogen-bond donors (Lipinski definition) is 2. The minimum absolute atomic E-state index is 0.00288. The lowest BCUT2D eigenvalue weighted by Crippen LogP contribution is -2.44. The number of rotatable bonds is 9. The van der Waals surface area contributed by atoms with Gasteiger partial charge in [-0.3, -0.25) is 19.3 Å². The number of aldehydes is 1. The first-order valence-corrected chi connectivity index (χ1v) is 10.00. The van der Waals surface area contributed by atoms with Crippen molar-refractivity contribution in [2.75, 3.05) is 12.4 Å². The van der Waals surface area contributed by atoms with Gasteiger partial charge in [0.1, 0.15) is 12.0 Å². The van der Waals surface area contributed by atoms with E-state index in [2.05, 4.69) is 10.6 Å². The Kier molecular flexibility index (Phi) is 6.99. The summed E-state index contributed by atoms with van der Waals surface area (Å²) in [6.07, 6.45) is 0.768. The predicted octanol–water partition coefficient (Wildman–Crippen LogP) is 2.55. The van der Waals surface area contributed by atoms with Gasteiger partial charge < -0.3 is 20.2 Å². The number of benzene rings is 2. The highest BCUT2D eigenvalue weighted by Crippen LogP contribution is 2.29. The van der Waals surface area contributed by atoms with Crippen LogP contribution in [0.3, 0.4) is 0 Å². The molecule has 0 saturated heterocycles. The number of ketones is 1. The fraction of sp³-hybridized carbons (Fsp3) is 0.261. The molecule has 1 aliphatic rings. The van der Waals surface area contributed by atoms with Gasteiger partial charge in [0.2, 0.25) is 0 Å². The number of imide groups is 1. The van der Waals surface area contributed by atoms with Crippen LogP contribution in [0.2, 0.25) is 0 Å². The van der Waals surface area contributed by atoms with Crippen LogP contribution in [-0.2, 0) is 16.1 Å². The van der Waals surface area contributed by atoms with Crippen LogP contribution in [-0.4, -0.2) is 48.0 Å². The normalized spacial score (nSPS) is 13.4. The van der Waals surface area contributed by atoms with Gasteiger partial charge in [0.05, 0.1) is 24.3 Å². The van der Waals surface area contributed by atoms with E-state index in [1.165, 1.54) is 13.0 Å². The van der Waals surface area contributed by atoms with Crippen LogP contribution in [0.25, 0.3) is 0 Å². The number of methoxy groups -OCH3 is 1. The van der Waals surface area contributed by atoms with Gasteiger partial charge in [0.25, 0.3) is 11.8 Å². The zero-order valence-corrected chi connectivity index (χ0v) is 17.7. The van der Waals surface area contributed by atoms with E-state index in [-0.39, 0.29) is 36.3 Å². The van der Waals surface area contributed by atoms with Gasteiger partial charge >= 0.3 is 6.03 Å². The van der Waals surface area contributed by atoms with Crippen LogP contribution in [0.4, 0.5) is 10.5 Å². The fourth-order valence-corrected chi connectivity index (χ4v) is 3.57. The molecule has 2 N–H and O–H groups in total. The highest BCUT2D eigenvalue weighted by Gasteiger charge is 2.42. The van der Waals surface area contributed by atoms with Crippen molar-refractivity contribution < 1.29 is 28.7 Å². The summed E-state index contributed by atoms with van der Waals surface area (Å²) in [6.45, 7) is 1.28. The third kappa shape index (κ3) is 4.66. The first-order valence-electron chi connectivity index (χ1n) is 10.00. The van der Waals surface area contributed by atoms with E-state index in [0.29, 0.717) is 23.3 Å². The lowest BCUT2D eigenvalue weighted by molar-refractivity contribution is -0.121. The Morgan fingerprint density at radius 2 is 1.81 bits per heavy atom.